The molecule has 0 aliphatic heterocycles. The third-order valence-electron chi connectivity index (χ3n) is 4.14. The molecule has 96 valence electrons. The van der Waals surface area contributed by atoms with Gasteiger partial charge in [0.25, 0.3) is 0 Å². The number of hydrogen-bond donors (Lipinski definition) is 0. The molecule has 0 saturated carbocycles. The van der Waals surface area contributed by atoms with Gasteiger partial charge in [0.15, 0.2) is 0 Å². The topological polar surface area (TPSA) is 0 Å². The van der Waals surface area contributed by atoms with Crippen LogP contribution in [-0.4, -0.2) is 0 Å². The van der Waals surface area contributed by atoms with Gasteiger partial charge in [-0.15, -0.1) is 6.58 Å². The molecule has 1 unspecified atom stereocenters. The summed E-state index contributed by atoms with van der Waals surface area (Å²) in [5.74, 6) is 0.720. The van der Waals surface area contributed by atoms with Gasteiger partial charge in [-0.25, -0.2) is 0 Å². The number of benzene rings is 1. The molecule has 0 radical (unpaired) electrons. The molecule has 18 heavy (non-hydrogen) atoms. The Kier molecular flexibility index (Phi) is 3.75. The lowest BCUT2D eigenvalue weighted by atomic mass is 9.92. The van der Waals surface area contributed by atoms with Gasteiger partial charge in [0.1, 0.15) is 0 Å². The number of hydrogen-bond acceptors (Lipinski definition) is 0. The minimum Gasteiger partial charge on any atom is -0.100 e. The van der Waals surface area contributed by atoms with Crippen molar-refractivity contribution < 1.29 is 0 Å². The second kappa shape index (κ2) is 5.14. The van der Waals surface area contributed by atoms with E-state index in [1.165, 1.54) is 35.1 Å². The van der Waals surface area contributed by atoms with Gasteiger partial charge in [0.05, 0.1) is 0 Å². The first-order valence-corrected chi connectivity index (χ1v) is 6.90. The normalized spacial score (nSPS) is 19.4. The molecule has 0 heteroatoms. The van der Waals surface area contributed by atoms with Gasteiger partial charge in [0.2, 0.25) is 0 Å². The van der Waals surface area contributed by atoms with E-state index in [-0.39, 0.29) is 0 Å². The molecule has 1 aliphatic carbocycles. The molecule has 0 bridgehead atoms. The smallest absolute Gasteiger partial charge is 0.0160 e. The van der Waals surface area contributed by atoms with E-state index in [1.807, 2.05) is 0 Å². The maximum atomic E-state index is 4.06. The predicted octanol–water partition coefficient (Wildman–Crippen LogP) is 5.45. The standard InChI is InChI=1S/C18H24/c1-12(2)10-16-8-9-17(15(16)5)18-11-13(3)6-7-14(18)4/h6-7,11,16H,1,8-10H2,2-5H3. The van der Waals surface area contributed by atoms with Crippen LogP contribution < -0.4 is 0 Å². The van der Waals surface area contributed by atoms with Crippen molar-refractivity contribution in [3.8, 4) is 0 Å². The first-order chi connectivity index (χ1) is 8.49. The van der Waals surface area contributed by atoms with Crippen LogP contribution in [0, 0.1) is 19.8 Å². The molecular formula is C18H24. The lowest BCUT2D eigenvalue weighted by Gasteiger charge is -2.13. The van der Waals surface area contributed by atoms with Crippen LogP contribution in [0.2, 0.25) is 0 Å². The molecule has 0 saturated heterocycles. The molecule has 1 aromatic rings. The second-order valence-corrected chi connectivity index (χ2v) is 5.88. The predicted molar refractivity (Wildman–Crippen MR) is 80.7 cm³/mol. The number of allylic oxidation sites excluding steroid dienone is 3. The third kappa shape index (κ3) is 2.58. The fourth-order valence-corrected chi connectivity index (χ4v) is 3.06. The highest BCUT2D eigenvalue weighted by molar-refractivity contribution is 5.73. The van der Waals surface area contributed by atoms with E-state index in [4.69, 9.17) is 0 Å². The summed E-state index contributed by atoms with van der Waals surface area (Å²) in [4.78, 5) is 0. The van der Waals surface area contributed by atoms with Gasteiger partial charge in [0, 0.05) is 0 Å². The Labute approximate surface area is 111 Å². The number of rotatable bonds is 3. The molecule has 0 nitrogen and oxygen atoms in total. The minimum atomic E-state index is 0.720. The average Bonchev–Trinajstić information content (AvgIpc) is 2.64. The van der Waals surface area contributed by atoms with Crippen LogP contribution in [0.5, 0.6) is 0 Å². The molecular weight excluding hydrogens is 216 g/mol. The fourth-order valence-electron chi connectivity index (χ4n) is 3.06. The van der Waals surface area contributed by atoms with Gasteiger partial charge >= 0.3 is 0 Å². The Bertz CT molecular complexity index is 503. The summed E-state index contributed by atoms with van der Waals surface area (Å²) in [5, 5.41) is 0. The molecule has 0 N–H and O–H groups in total. The summed E-state index contributed by atoms with van der Waals surface area (Å²) in [6.45, 7) is 12.9. The van der Waals surface area contributed by atoms with Crippen molar-refractivity contribution in [2.24, 2.45) is 5.92 Å². The number of aryl methyl sites for hydroxylation is 2. The summed E-state index contributed by atoms with van der Waals surface area (Å²) in [7, 11) is 0. The Morgan fingerprint density at radius 2 is 2.00 bits per heavy atom. The largest absolute Gasteiger partial charge is 0.100 e. The van der Waals surface area contributed by atoms with Crippen LogP contribution in [-0.2, 0) is 0 Å². The van der Waals surface area contributed by atoms with E-state index < -0.39 is 0 Å². The van der Waals surface area contributed by atoms with E-state index in [0.29, 0.717) is 0 Å². The highest BCUT2D eigenvalue weighted by atomic mass is 14.3. The summed E-state index contributed by atoms with van der Waals surface area (Å²) >= 11 is 0. The quantitative estimate of drug-likeness (QED) is 0.616. The van der Waals surface area contributed by atoms with Crippen molar-refractivity contribution in [1.29, 1.82) is 0 Å². The first kappa shape index (κ1) is 13.1. The highest BCUT2D eigenvalue weighted by Crippen LogP contribution is 2.41. The van der Waals surface area contributed by atoms with Crippen molar-refractivity contribution >= 4 is 5.57 Å². The zero-order valence-corrected chi connectivity index (χ0v) is 12.1. The van der Waals surface area contributed by atoms with E-state index in [2.05, 4.69) is 52.5 Å². The Balaban J connectivity index is 2.36. The maximum Gasteiger partial charge on any atom is -0.0160 e. The van der Waals surface area contributed by atoms with Crippen LogP contribution in [0.4, 0.5) is 0 Å². The molecule has 1 atom stereocenters. The summed E-state index contributed by atoms with van der Waals surface area (Å²) in [6, 6.07) is 6.80. The van der Waals surface area contributed by atoms with Crippen molar-refractivity contribution in [2.75, 3.05) is 0 Å². The van der Waals surface area contributed by atoms with Gasteiger partial charge in [-0.2, -0.15) is 0 Å². The highest BCUT2D eigenvalue weighted by Gasteiger charge is 2.23. The zero-order valence-electron chi connectivity index (χ0n) is 12.1. The minimum absolute atomic E-state index is 0.720. The lowest BCUT2D eigenvalue weighted by Crippen LogP contribution is -1.97. The molecule has 0 amide bonds. The molecule has 2 rings (SSSR count). The van der Waals surface area contributed by atoms with E-state index in [1.54, 1.807) is 11.1 Å². The van der Waals surface area contributed by atoms with Crippen molar-refractivity contribution in [3.63, 3.8) is 0 Å². The average molecular weight is 240 g/mol. The van der Waals surface area contributed by atoms with Gasteiger partial charge < -0.3 is 0 Å². The molecule has 0 spiro atoms. The van der Waals surface area contributed by atoms with E-state index >= 15 is 0 Å². The van der Waals surface area contributed by atoms with E-state index in [0.717, 1.165) is 12.3 Å². The maximum absolute atomic E-state index is 4.06. The fraction of sp³-hybridized carbons (Fsp3) is 0.444. The summed E-state index contributed by atoms with van der Waals surface area (Å²) in [6.07, 6.45) is 3.68. The molecule has 0 fully saturated rings. The third-order valence-corrected chi connectivity index (χ3v) is 4.14. The lowest BCUT2D eigenvalue weighted by molar-refractivity contribution is 0.600. The van der Waals surface area contributed by atoms with Crippen LogP contribution in [0.15, 0.2) is 35.9 Å². The second-order valence-electron chi connectivity index (χ2n) is 5.88. The molecule has 0 heterocycles. The Morgan fingerprint density at radius 1 is 1.28 bits per heavy atom. The SMILES string of the molecule is C=C(C)CC1CCC(c2cc(C)ccc2C)=C1C. The van der Waals surface area contributed by atoms with Gasteiger partial charge in [-0.3, -0.25) is 0 Å². The Hall–Kier alpha value is -1.30. The van der Waals surface area contributed by atoms with Crippen LogP contribution in [0.3, 0.4) is 0 Å². The van der Waals surface area contributed by atoms with Crippen LogP contribution in [0.25, 0.3) is 5.57 Å². The van der Waals surface area contributed by atoms with Crippen molar-refractivity contribution in [2.45, 2.75) is 47.0 Å². The molecule has 0 aromatic heterocycles. The Morgan fingerprint density at radius 3 is 2.67 bits per heavy atom. The summed E-state index contributed by atoms with van der Waals surface area (Å²) in [5.41, 5.74) is 8.72. The monoisotopic (exact) mass is 240 g/mol. The summed E-state index contributed by atoms with van der Waals surface area (Å²) < 4.78 is 0. The van der Waals surface area contributed by atoms with Crippen molar-refractivity contribution in [3.05, 3.63) is 52.6 Å². The molecule has 1 aliphatic rings. The van der Waals surface area contributed by atoms with Crippen molar-refractivity contribution in [1.82, 2.24) is 0 Å². The van der Waals surface area contributed by atoms with Gasteiger partial charge in [-0.1, -0.05) is 34.9 Å². The van der Waals surface area contributed by atoms with Crippen LogP contribution >= 0.6 is 0 Å². The first-order valence-electron chi connectivity index (χ1n) is 6.90. The van der Waals surface area contributed by atoms with Crippen LogP contribution in [0.1, 0.15) is 49.8 Å². The molecule has 1 aromatic carbocycles. The zero-order chi connectivity index (χ0) is 13.3. The van der Waals surface area contributed by atoms with Gasteiger partial charge in [-0.05, 0) is 69.6 Å². The van der Waals surface area contributed by atoms with E-state index in [9.17, 15) is 0 Å².